The molecule has 2 N–H and O–H groups in total. The highest BCUT2D eigenvalue weighted by Gasteiger charge is 2.45. The molecule has 3 atom stereocenters. The van der Waals surface area contributed by atoms with E-state index in [1.807, 2.05) is 0 Å². The van der Waals surface area contributed by atoms with Gasteiger partial charge >= 0.3 is 0 Å². The molecule has 1 aromatic rings. The molecule has 2 aliphatic heterocycles. The normalized spacial score (nSPS) is 35.3. The topological polar surface area (TPSA) is 33.3 Å². The summed E-state index contributed by atoms with van der Waals surface area (Å²) in [5, 5.41) is 7.26. The third kappa shape index (κ3) is 2.50. The van der Waals surface area contributed by atoms with Crippen LogP contribution in [0, 0.1) is 0 Å². The van der Waals surface area contributed by atoms with Crippen molar-refractivity contribution < 1.29 is 4.74 Å². The van der Waals surface area contributed by atoms with Gasteiger partial charge in [0, 0.05) is 18.0 Å². The number of piperidine rings is 1. The summed E-state index contributed by atoms with van der Waals surface area (Å²) in [6.45, 7) is 3.13. The molecule has 1 aromatic carbocycles. The average Bonchev–Trinajstić information content (AvgIpc) is 3.16. The van der Waals surface area contributed by atoms with Gasteiger partial charge in [-0.25, -0.2) is 0 Å². The average molecular weight is 272 g/mol. The van der Waals surface area contributed by atoms with E-state index in [-0.39, 0.29) is 5.60 Å². The van der Waals surface area contributed by atoms with Gasteiger partial charge in [-0.05, 0) is 44.3 Å². The van der Waals surface area contributed by atoms with Crippen molar-refractivity contribution in [3.05, 3.63) is 35.9 Å². The van der Waals surface area contributed by atoms with Crippen LogP contribution in [0.3, 0.4) is 0 Å². The zero-order valence-electron chi connectivity index (χ0n) is 12.0. The number of nitrogens with one attached hydrogen (secondary N) is 2. The quantitative estimate of drug-likeness (QED) is 0.883. The van der Waals surface area contributed by atoms with E-state index in [1.165, 1.54) is 31.2 Å². The predicted molar refractivity (Wildman–Crippen MR) is 79.9 cm³/mol. The van der Waals surface area contributed by atoms with E-state index >= 15 is 0 Å². The van der Waals surface area contributed by atoms with Crippen LogP contribution in [0.1, 0.15) is 37.2 Å². The van der Waals surface area contributed by atoms with Crippen LogP contribution >= 0.6 is 0 Å². The fourth-order valence-corrected chi connectivity index (χ4v) is 3.93. The molecular formula is C17H24N2O. The van der Waals surface area contributed by atoms with Crippen molar-refractivity contribution in [2.45, 2.75) is 49.3 Å². The van der Waals surface area contributed by atoms with Crippen molar-refractivity contribution in [3.63, 3.8) is 0 Å². The fraction of sp³-hybridized carbons (Fsp3) is 0.647. The fourth-order valence-electron chi connectivity index (χ4n) is 3.93. The highest BCUT2D eigenvalue weighted by Crippen LogP contribution is 2.42. The maximum atomic E-state index is 6.16. The van der Waals surface area contributed by atoms with E-state index in [2.05, 4.69) is 41.0 Å². The van der Waals surface area contributed by atoms with E-state index in [4.69, 9.17) is 4.74 Å². The first-order chi connectivity index (χ1) is 9.85. The van der Waals surface area contributed by atoms with Crippen molar-refractivity contribution in [1.29, 1.82) is 0 Å². The zero-order chi connectivity index (χ0) is 13.4. The minimum Gasteiger partial charge on any atom is -0.373 e. The van der Waals surface area contributed by atoms with E-state index in [0.29, 0.717) is 12.1 Å². The summed E-state index contributed by atoms with van der Waals surface area (Å²) in [5.41, 5.74) is 1.67. The number of hydrogen-bond donors (Lipinski definition) is 2. The number of rotatable bonds is 3. The van der Waals surface area contributed by atoms with Gasteiger partial charge in [-0.3, -0.25) is 0 Å². The molecule has 3 nitrogen and oxygen atoms in total. The Morgan fingerprint density at radius 2 is 1.95 bits per heavy atom. The molecule has 0 bridgehead atoms. The lowest BCUT2D eigenvalue weighted by Gasteiger charge is -2.32. The van der Waals surface area contributed by atoms with Crippen LogP contribution in [-0.4, -0.2) is 37.4 Å². The molecule has 108 valence electrons. The second-order valence-corrected chi connectivity index (χ2v) is 6.67. The molecule has 1 spiro atoms. The molecular weight excluding hydrogens is 248 g/mol. The Hall–Kier alpha value is -0.900. The van der Waals surface area contributed by atoms with Gasteiger partial charge in [-0.2, -0.15) is 0 Å². The first-order valence-corrected chi connectivity index (χ1v) is 8.00. The standard InChI is InChI=1S/C17H24N2O/c1-2-4-13(5-3-1)15-10-16(15)19-14-11-17(20-12-14)6-8-18-9-7-17/h1-5,14-16,18-19H,6-12H2/t14-,15+,16-/m1/s1. The number of benzene rings is 1. The summed E-state index contributed by atoms with van der Waals surface area (Å²) in [7, 11) is 0. The largest absolute Gasteiger partial charge is 0.373 e. The summed E-state index contributed by atoms with van der Waals surface area (Å²) in [5.74, 6) is 0.723. The van der Waals surface area contributed by atoms with Crippen LogP contribution in [0.25, 0.3) is 0 Å². The molecule has 20 heavy (non-hydrogen) atoms. The molecule has 3 aliphatic rings. The van der Waals surface area contributed by atoms with Gasteiger partial charge in [0.2, 0.25) is 0 Å². The van der Waals surface area contributed by atoms with Crippen molar-refractivity contribution in [2.24, 2.45) is 0 Å². The monoisotopic (exact) mass is 272 g/mol. The highest BCUT2D eigenvalue weighted by atomic mass is 16.5. The summed E-state index contributed by atoms with van der Waals surface area (Å²) >= 11 is 0. The predicted octanol–water partition coefficient (Wildman–Crippen LogP) is 2.04. The Labute approximate surface area is 121 Å². The summed E-state index contributed by atoms with van der Waals surface area (Å²) in [4.78, 5) is 0. The second-order valence-electron chi connectivity index (χ2n) is 6.67. The maximum Gasteiger partial charge on any atom is 0.0723 e. The highest BCUT2D eigenvalue weighted by molar-refractivity contribution is 5.27. The van der Waals surface area contributed by atoms with Crippen LogP contribution in [0.2, 0.25) is 0 Å². The first kappa shape index (κ1) is 12.8. The van der Waals surface area contributed by atoms with Gasteiger partial charge in [0.15, 0.2) is 0 Å². The van der Waals surface area contributed by atoms with Gasteiger partial charge in [-0.15, -0.1) is 0 Å². The Balaban J connectivity index is 1.31. The Morgan fingerprint density at radius 1 is 1.15 bits per heavy atom. The van der Waals surface area contributed by atoms with Crippen LogP contribution < -0.4 is 10.6 Å². The van der Waals surface area contributed by atoms with E-state index in [0.717, 1.165) is 25.6 Å². The lowest BCUT2D eigenvalue weighted by atomic mass is 9.88. The molecule has 0 unspecified atom stereocenters. The Bertz CT molecular complexity index is 455. The first-order valence-electron chi connectivity index (χ1n) is 8.00. The molecule has 3 heteroatoms. The Morgan fingerprint density at radius 3 is 2.75 bits per heavy atom. The third-order valence-electron chi connectivity index (χ3n) is 5.19. The van der Waals surface area contributed by atoms with Crippen LogP contribution in [0.15, 0.2) is 30.3 Å². The smallest absolute Gasteiger partial charge is 0.0723 e. The summed E-state index contributed by atoms with van der Waals surface area (Å²) < 4.78 is 6.16. The number of ether oxygens (including phenoxy) is 1. The maximum absolute atomic E-state index is 6.16. The van der Waals surface area contributed by atoms with Gasteiger partial charge in [0.1, 0.15) is 0 Å². The summed E-state index contributed by atoms with van der Waals surface area (Å²) in [6.07, 6.45) is 4.84. The van der Waals surface area contributed by atoms with Gasteiger partial charge < -0.3 is 15.4 Å². The molecule has 2 saturated heterocycles. The molecule has 0 aromatic heterocycles. The molecule has 0 radical (unpaired) electrons. The van der Waals surface area contributed by atoms with Crippen LogP contribution in [0.5, 0.6) is 0 Å². The zero-order valence-corrected chi connectivity index (χ0v) is 12.0. The lowest BCUT2D eigenvalue weighted by Crippen LogP contribution is -2.42. The van der Waals surface area contributed by atoms with E-state index in [1.54, 1.807) is 0 Å². The van der Waals surface area contributed by atoms with E-state index in [9.17, 15) is 0 Å². The molecule has 4 rings (SSSR count). The molecule has 3 fully saturated rings. The van der Waals surface area contributed by atoms with Crippen molar-refractivity contribution in [3.8, 4) is 0 Å². The van der Waals surface area contributed by atoms with Crippen molar-refractivity contribution in [1.82, 2.24) is 10.6 Å². The molecule has 0 amide bonds. The van der Waals surface area contributed by atoms with Gasteiger partial charge in [0.25, 0.3) is 0 Å². The third-order valence-corrected chi connectivity index (χ3v) is 5.19. The Kier molecular flexibility index (Phi) is 3.29. The van der Waals surface area contributed by atoms with Gasteiger partial charge in [-0.1, -0.05) is 30.3 Å². The molecule has 1 aliphatic carbocycles. The minimum absolute atomic E-state index is 0.181. The van der Waals surface area contributed by atoms with Crippen LogP contribution in [-0.2, 0) is 4.74 Å². The molecule has 2 heterocycles. The van der Waals surface area contributed by atoms with Crippen molar-refractivity contribution >= 4 is 0 Å². The minimum atomic E-state index is 0.181. The van der Waals surface area contributed by atoms with Gasteiger partial charge in [0.05, 0.1) is 12.2 Å². The molecule has 1 saturated carbocycles. The summed E-state index contributed by atoms with van der Waals surface area (Å²) in [6, 6.07) is 12.1. The van der Waals surface area contributed by atoms with E-state index < -0.39 is 0 Å². The van der Waals surface area contributed by atoms with Crippen LogP contribution in [0.4, 0.5) is 0 Å². The lowest BCUT2D eigenvalue weighted by molar-refractivity contribution is -0.0194. The second kappa shape index (κ2) is 5.14. The van der Waals surface area contributed by atoms with Crippen molar-refractivity contribution in [2.75, 3.05) is 19.7 Å². The number of hydrogen-bond acceptors (Lipinski definition) is 3. The SMILES string of the molecule is c1ccc([C@@H]2C[C@H]2N[C@H]2COC3(CCNCC3)C2)cc1.